The molecule has 3 nitrogen and oxygen atoms in total. The first-order valence-electron chi connectivity index (χ1n) is 13.8. The molecule has 4 rings (SSSR count). The average molecular weight is 505 g/mol. The molecule has 0 spiro atoms. The van der Waals surface area contributed by atoms with Crippen LogP contribution in [-0.4, -0.2) is 32.7 Å². The number of rotatable bonds is 9. The molecule has 0 radical (unpaired) electrons. The molecule has 36 heavy (non-hydrogen) atoms. The highest BCUT2D eigenvalue weighted by molar-refractivity contribution is 6.84. The molecule has 2 aromatic carbocycles. The Kier molecular flexibility index (Phi) is 8.36. The summed E-state index contributed by atoms with van der Waals surface area (Å²) in [4.78, 5) is 0. The Bertz CT molecular complexity index is 983. The Morgan fingerprint density at radius 1 is 0.917 bits per heavy atom. The van der Waals surface area contributed by atoms with Crippen LogP contribution in [0.4, 0.5) is 0 Å². The summed E-state index contributed by atoms with van der Waals surface area (Å²) in [5.41, 5.74) is 1.62. The van der Waals surface area contributed by atoms with Crippen LogP contribution in [0.1, 0.15) is 65.4 Å². The van der Waals surface area contributed by atoms with E-state index in [4.69, 9.17) is 13.7 Å². The maximum atomic E-state index is 7.35. The Morgan fingerprint density at radius 2 is 1.44 bits per heavy atom. The van der Waals surface area contributed by atoms with Gasteiger partial charge in [0.15, 0.2) is 0 Å². The Morgan fingerprint density at radius 3 is 2.00 bits per heavy atom. The van der Waals surface area contributed by atoms with Crippen molar-refractivity contribution < 1.29 is 13.7 Å². The van der Waals surface area contributed by atoms with Crippen molar-refractivity contribution in [1.82, 2.24) is 0 Å². The summed E-state index contributed by atoms with van der Waals surface area (Å²) in [7, 11) is -2.45. The number of benzene rings is 2. The second-order valence-electron chi connectivity index (χ2n) is 12.3. The largest absolute Gasteiger partial charge is 0.458 e. The predicted molar refractivity (Wildman–Crippen MR) is 155 cm³/mol. The molecule has 1 heterocycles. The maximum absolute atomic E-state index is 7.35. The third kappa shape index (κ3) is 6.07. The molecule has 0 amide bonds. The average Bonchev–Trinajstić information content (AvgIpc) is 3.08. The van der Waals surface area contributed by atoms with Gasteiger partial charge in [-0.15, -0.1) is 0 Å². The van der Waals surface area contributed by atoms with E-state index >= 15 is 0 Å². The molecule has 5 heteroatoms. The zero-order valence-corrected chi connectivity index (χ0v) is 24.3. The lowest BCUT2D eigenvalue weighted by atomic mass is 9.67. The summed E-state index contributed by atoms with van der Waals surface area (Å²) in [6.45, 7) is 17.9. The third-order valence-electron chi connectivity index (χ3n) is 8.75. The molecule has 2 unspecified atom stereocenters. The van der Waals surface area contributed by atoms with E-state index in [-0.39, 0.29) is 30.3 Å². The van der Waals surface area contributed by atoms with Gasteiger partial charge in [-0.2, -0.15) is 0 Å². The van der Waals surface area contributed by atoms with E-state index in [0.717, 1.165) is 11.9 Å². The van der Waals surface area contributed by atoms with Crippen LogP contribution in [-0.2, 0) is 13.7 Å². The minimum Gasteiger partial charge on any atom is -0.409 e. The molecule has 0 aromatic heterocycles. The van der Waals surface area contributed by atoms with Crippen molar-refractivity contribution in [1.29, 1.82) is 0 Å². The minimum absolute atomic E-state index is 0.0823. The fourth-order valence-electron chi connectivity index (χ4n) is 5.83. The number of hydrogen-bond acceptors (Lipinski definition) is 3. The van der Waals surface area contributed by atoms with Crippen LogP contribution in [0.5, 0.6) is 0 Å². The van der Waals surface area contributed by atoms with Crippen molar-refractivity contribution in [2.45, 2.75) is 96.5 Å². The fraction of sp³-hybridized carbons (Fsp3) is 0.548. The van der Waals surface area contributed by atoms with Gasteiger partial charge < -0.3 is 13.7 Å². The van der Waals surface area contributed by atoms with Gasteiger partial charge >= 0.3 is 7.12 Å². The SMILES string of the molecule is C=C(c1ccccc1)C(CB1OC(C)(C)C(C)(C)O1)C(O[Si](C)(C)c1ccccc1)C1CCCCC1. The molecule has 0 N–H and O–H groups in total. The highest BCUT2D eigenvalue weighted by Crippen LogP contribution is 2.44. The van der Waals surface area contributed by atoms with Crippen molar-refractivity contribution in [3.63, 3.8) is 0 Å². The quantitative estimate of drug-likeness (QED) is 0.331. The summed E-state index contributed by atoms with van der Waals surface area (Å²) < 4.78 is 20.4. The molecule has 194 valence electrons. The van der Waals surface area contributed by atoms with Crippen molar-refractivity contribution in [3.05, 3.63) is 72.8 Å². The van der Waals surface area contributed by atoms with Gasteiger partial charge in [0.1, 0.15) is 0 Å². The van der Waals surface area contributed by atoms with E-state index in [1.807, 2.05) is 0 Å². The minimum atomic E-state index is -2.17. The van der Waals surface area contributed by atoms with E-state index in [0.29, 0.717) is 5.92 Å². The normalized spacial score (nSPS) is 21.8. The molecular weight excluding hydrogens is 459 g/mol. The molecule has 2 fully saturated rings. The Labute approximate surface area is 220 Å². The third-order valence-corrected chi connectivity index (χ3v) is 11.3. The van der Waals surface area contributed by atoms with Crippen LogP contribution >= 0.6 is 0 Å². The van der Waals surface area contributed by atoms with Gasteiger partial charge in [-0.25, -0.2) is 0 Å². The van der Waals surface area contributed by atoms with Crippen LogP contribution in [0.25, 0.3) is 5.57 Å². The summed E-state index contributed by atoms with van der Waals surface area (Å²) in [6.07, 6.45) is 7.14. The van der Waals surface area contributed by atoms with Gasteiger partial charge in [0, 0.05) is 5.92 Å². The lowest BCUT2D eigenvalue weighted by Gasteiger charge is -2.41. The monoisotopic (exact) mass is 504 g/mol. The van der Waals surface area contributed by atoms with E-state index in [1.54, 1.807) is 0 Å². The summed E-state index contributed by atoms with van der Waals surface area (Å²) >= 11 is 0. The van der Waals surface area contributed by atoms with E-state index < -0.39 is 8.32 Å². The second kappa shape index (κ2) is 11.0. The van der Waals surface area contributed by atoms with Gasteiger partial charge in [-0.05, 0) is 82.2 Å². The first-order valence-corrected chi connectivity index (χ1v) is 16.7. The predicted octanol–water partition coefficient (Wildman–Crippen LogP) is 7.49. The molecule has 2 aromatic rings. The van der Waals surface area contributed by atoms with Gasteiger partial charge in [0.25, 0.3) is 0 Å². The second-order valence-corrected chi connectivity index (χ2v) is 16.1. The first kappa shape index (κ1) is 27.4. The lowest BCUT2D eigenvalue weighted by Crippen LogP contribution is -2.51. The van der Waals surface area contributed by atoms with Gasteiger partial charge in [-0.1, -0.05) is 86.5 Å². The van der Waals surface area contributed by atoms with E-state index in [2.05, 4.69) is 108 Å². The summed E-state index contributed by atoms with van der Waals surface area (Å²) in [5.74, 6) is 0.628. The molecule has 1 aliphatic carbocycles. The zero-order chi connectivity index (χ0) is 26.0. The van der Waals surface area contributed by atoms with Crippen LogP contribution < -0.4 is 5.19 Å². The molecule has 0 bridgehead atoms. The molecule has 2 aliphatic rings. The standard InChI is InChI=1S/C31H45BO3Si/c1-24(25-17-11-8-12-18-25)28(23-32-34-30(2,3)31(4,5)35-32)29(26-19-13-9-14-20-26)33-36(6,7)27-21-15-10-16-22-27/h8,10-12,15-18,21-22,26,28-29H,1,9,13-14,19-20,23H2,2-7H3. The summed E-state index contributed by atoms with van der Waals surface area (Å²) in [6, 6.07) is 21.5. The van der Waals surface area contributed by atoms with E-state index in [9.17, 15) is 0 Å². The topological polar surface area (TPSA) is 27.7 Å². The zero-order valence-electron chi connectivity index (χ0n) is 23.3. The van der Waals surface area contributed by atoms with Crippen LogP contribution in [0.2, 0.25) is 19.4 Å². The van der Waals surface area contributed by atoms with Crippen molar-refractivity contribution in [2.75, 3.05) is 0 Å². The van der Waals surface area contributed by atoms with Crippen molar-refractivity contribution >= 4 is 26.2 Å². The van der Waals surface area contributed by atoms with Gasteiger partial charge in [0.2, 0.25) is 8.32 Å². The van der Waals surface area contributed by atoms with E-state index in [1.165, 1.54) is 42.9 Å². The van der Waals surface area contributed by atoms with Crippen LogP contribution in [0.15, 0.2) is 67.2 Å². The van der Waals surface area contributed by atoms with Gasteiger partial charge in [0.05, 0.1) is 17.3 Å². The summed E-state index contributed by atoms with van der Waals surface area (Å²) in [5, 5.41) is 1.34. The molecule has 1 aliphatic heterocycles. The fourth-order valence-corrected chi connectivity index (χ4v) is 8.00. The van der Waals surface area contributed by atoms with Crippen molar-refractivity contribution in [3.8, 4) is 0 Å². The molecular formula is C31H45BO3Si. The smallest absolute Gasteiger partial charge is 0.409 e. The highest BCUT2D eigenvalue weighted by atomic mass is 28.4. The first-order chi connectivity index (χ1) is 17.0. The van der Waals surface area contributed by atoms with Crippen molar-refractivity contribution in [2.24, 2.45) is 11.8 Å². The highest BCUT2D eigenvalue weighted by Gasteiger charge is 2.52. The Balaban J connectivity index is 1.70. The number of hydrogen-bond donors (Lipinski definition) is 0. The van der Waals surface area contributed by atoms with Crippen LogP contribution in [0, 0.1) is 11.8 Å². The Hall–Kier alpha value is -1.66. The molecule has 1 saturated heterocycles. The molecule has 2 atom stereocenters. The molecule has 1 saturated carbocycles. The van der Waals surface area contributed by atoms with Crippen LogP contribution in [0.3, 0.4) is 0 Å². The van der Waals surface area contributed by atoms with Gasteiger partial charge in [-0.3, -0.25) is 0 Å². The maximum Gasteiger partial charge on any atom is 0.458 e. The lowest BCUT2D eigenvalue weighted by molar-refractivity contribution is 0.00578.